The number of nitrogens with two attached hydrogens (primary N) is 1. The topological polar surface area (TPSA) is 55.1 Å². The van der Waals surface area contributed by atoms with Crippen LogP contribution in [0.1, 0.15) is 20.8 Å². The van der Waals surface area contributed by atoms with Crippen LogP contribution in [-0.4, -0.2) is 12.5 Å². The van der Waals surface area contributed by atoms with Gasteiger partial charge in [0, 0.05) is 17.1 Å². The summed E-state index contributed by atoms with van der Waals surface area (Å²) < 4.78 is 0.768. The van der Waals surface area contributed by atoms with Gasteiger partial charge in [-0.3, -0.25) is 4.79 Å². The SMILES string of the molecule is Cc1cccc(N)c1C(=O)NCCc1ccc(Cl)s1. The second-order valence-electron chi connectivity index (χ2n) is 4.25. The number of carbonyl (C=O) groups excluding carboxylic acids is 1. The highest BCUT2D eigenvalue weighted by Crippen LogP contribution is 2.21. The van der Waals surface area contributed by atoms with Crippen LogP contribution in [0.4, 0.5) is 5.69 Å². The van der Waals surface area contributed by atoms with Crippen LogP contribution < -0.4 is 11.1 Å². The first-order valence-electron chi connectivity index (χ1n) is 5.95. The quantitative estimate of drug-likeness (QED) is 0.850. The van der Waals surface area contributed by atoms with Crippen molar-refractivity contribution in [3.05, 3.63) is 50.7 Å². The number of benzene rings is 1. The van der Waals surface area contributed by atoms with Gasteiger partial charge in [-0.15, -0.1) is 11.3 Å². The standard InChI is InChI=1S/C14H15ClN2OS/c1-9-3-2-4-11(16)13(9)14(18)17-8-7-10-5-6-12(15)19-10/h2-6H,7-8,16H2,1H3,(H,17,18). The fourth-order valence-electron chi connectivity index (χ4n) is 1.87. The second kappa shape index (κ2) is 6.08. The van der Waals surface area contributed by atoms with Crippen molar-refractivity contribution in [2.45, 2.75) is 13.3 Å². The van der Waals surface area contributed by atoms with Crippen LogP contribution in [0.5, 0.6) is 0 Å². The Morgan fingerprint density at radius 3 is 2.79 bits per heavy atom. The lowest BCUT2D eigenvalue weighted by Crippen LogP contribution is -2.27. The van der Waals surface area contributed by atoms with Crippen LogP contribution in [0.25, 0.3) is 0 Å². The molecule has 1 heterocycles. The monoisotopic (exact) mass is 294 g/mol. The van der Waals surface area contributed by atoms with Gasteiger partial charge in [-0.25, -0.2) is 0 Å². The highest BCUT2D eigenvalue weighted by atomic mass is 35.5. The molecule has 1 aromatic heterocycles. The van der Waals surface area contributed by atoms with E-state index in [-0.39, 0.29) is 5.91 Å². The second-order valence-corrected chi connectivity index (χ2v) is 6.05. The maximum Gasteiger partial charge on any atom is 0.253 e. The van der Waals surface area contributed by atoms with E-state index in [0.717, 1.165) is 21.2 Å². The van der Waals surface area contributed by atoms with Crippen molar-refractivity contribution in [2.75, 3.05) is 12.3 Å². The van der Waals surface area contributed by atoms with Gasteiger partial charge in [0.25, 0.3) is 5.91 Å². The number of carbonyl (C=O) groups is 1. The molecule has 3 nitrogen and oxygen atoms in total. The van der Waals surface area contributed by atoms with Crippen molar-refractivity contribution < 1.29 is 4.79 Å². The first kappa shape index (κ1) is 13.9. The van der Waals surface area contributed by atoms with E-state index in [2.05, 4.69) is 5.32 Å². The maximum absolute atomic E-state index is 12.1. The molecule has 0 unspecified atom stereocenters. The number of aryl methyl sites for hydroxylation is 1. The lowest BCUT2D eigenvalue weighted by atomic mass is 10.1. The normalized spacial score (nSPS) is 10.4. The van der Waals surface area contributed by atoms with E-state index in [1.54, 1.807) is 6.07 Å². The van der Waals surface area contributed by atoms with E-state index in [0.29, 0.717) is 17.8 Å². The molecule has 0 spiro atoms. The predicted molar refractivity (Wildman–Crippen MR) is 81.0 cm³/mol. The van der Waals surface area contributed by atoms with Crippen LogP contribution in [-0.2, 0) is 6.42 Å². The summed E-state index contributed by atoms with van der Waals surface area (Å²) in [7, 11) is 0. The van der Waals surface area contributed by atoms with E-state index < -0.39 is 0 Å². The fraction of sp³-hybridized carbons (Fsp3) is 0.214. The zero-order valence-electron chi connectivity index (χ0n) is 10.6. The molecule has 3 N–H and O–H groups in total. The minimum Gasteiger partial charge on any atom is -0.398 e. The van der Waals surface area contributed by atoms with Gasteiger partial charge >= 0.3 is 0 Å². The zero-order chi connectivity index (χ0) is 13.8. The molecule has 0 aliphatic carbocycles. The van der Waals surface area contributed by atoms with Crippen LogP contribution in [0.3, 0.4) is 0 Å². The summed E-state index contributed by atoms with van der Waals surface area (Å²) >= 11 is 7.38. The molecule has 19 heavy (non-hydrogen) atoms. The zero-order valence-corrected chi connectivity index (χ0v) is 12.1. The molecular formula is C14H15ClN2OS. The lowest BCUT2D eigenvalue weighted by molar-refractivity contribution is 0.0954. The molecule has 0 bridgehead atoms. The third-order valence-electron chi connectivity index (χ3n) is 2.82. The molecule has 5 heteroatoms. The van der Waals surface area contributed by atoms with E-state index in [1.165, 1.54) is 11.3 Å². The summed E-state index contributed by atoms with van der Waals surface area (Å²) in [4.78, 5) is 13.2. The largest absolute Gasteiger partial charge is 0.398 e. The van der Waals surface area contributed by atoms with Crippen molar-refractivity contribution in [1.82, 2.24) is 5.32 Å². The minimum absolute atomic E-state index is 0.127. The van der Waals surface area contributed by atoms with Crippen molar-refractivity contribution in [2.24, 2.45) is 0 Å². The van der Waals surface area contributed by atoms with Crippen molar-refractivity contribution in [3.8, 4) is 0 Å². The molecule has 0 aliphatic heterocycles. The summed E-state index contributed by atoms with van der Waals surface area (Å²) in [5.74, 6) is -0.127. The Balaban J connectivity index is 1.94. The van der Waals surface area contributed by atoms with Crippen LogP contribution in [0.2, 0.25) is 4.34 Å². The smallest absolute Gasteiger partial charge is 0.253 e. The minimum atomic E-state index is -0.127. The molecule has 0 saturated carbocycles. The molecule has 1 amide bonds. The van der Waals surface area contributed by atoms with Crippen molar-refractivity contribution in [1.29, 1.82) is 0 Å². The third-order valence-corrected chi connectivity index (χ3v) is 4.11. The number of nitrogen functional groups attached to an aromatic ring is 1. The Hall–Kier alpha value is -1.52. The molecule has 0 radical (unpaired) electrons. The first-order valence-corrected chi connectivity index (χ1v) is 7.15. The maximum atomic E-state index is 12.1. The molecular weight excluding hydrogens is 280 g/mol. The van der Waals surface area contributed by atoms with Gasteiger partial charge in [-0.05, 0) is 37.1 Å². The van der Waals surface area contributed by atoms with E-state index in [4.69, 9.17) is 17.3 Å². The summed E-state index contributed by atoms with van der Waals surface area (Å²) in [5.41, 5.74) is 7.79. The Kier molecular flexibility index (Phi) is 4.45. The van der Waals surface area contributed by atoms with Gasteiger partial charge in [-0.1, -0.05) is 23.7 Å². The van der Waals surface area contributed by atoms with Crippen molar-refractivity contribution >= 4 is 34.5 Å². The summed E-state index contributed by atoms with van der Waals surface area (Å²) in [6, 6.07) is 9.30. The van der Waals surface area contributed by atoms with Gasteiger partial charge in [0.2, 0.25) is 0 Å². The van der Waals surface area contributed by atoms with Gasteiger partial charge in [0.05, 0.1) is 9.90 Å². The van der Waals surface area contributed by atoms with Crippen LogP contribution in [0.15, 0.2) is 30.3 Å². The number of nitrogens with one attached hydrogen (secondary N) is 1. The number of anilines is 1. The molecule has 0 saturated heterocycles. The number of halogens is 1. The molecule has 0 atom stereocenters. The molecule has 2 aromatic rings. The van der Waals surface area contributed by atoms with E-state index in [9.17, 15) is 4.79 Å². The summed E-state index contributed by atoms with van der Waals surface area (Å²) in [6.07, 6.45) is 0.773. The van der Waals surface area contributed by atoms with E-state index in [1.807, 2.05) is 31.2 Å². The third kappa shape index (κ3) is 3.49. The van der Waals surface area contributed by atoms with Gasteiger partial charge in [-0.2, -0.15) is 0 Å². The molecule has 100 valence electrons. The number of thiophene rings is 1. The Morgan fingerprint density at radius 1 is 1.37 bits per heavy atom. The average molecular weight is 295 g/mol. The number of hydrogen-bond acceptors (Lipinski definition) is 3. The molecule has 0 fully saturated rings. The van der Waals surface area contributed by atoms with Crippen molar-refractivity contribution in [3.63, 3.8) is 0 Å². The number of hydrogen-bond donors (Lipinski definition) is 2. The lowest BCUT2D eigenvalue weighted by Gasteiger charge is -2.09. The van der Waals surface area contributed by atoms with Crippen LogP contribution in [0, 0.1) is 6.92 Å². The summed E-state index contributed by atoms with van der Waals surface area (Å²) in [6.45, 7) is 2.45. The Labute approximate surface area is 121 Å². The van der Waals surface area contributed by atoms with Gasteiger partial charge in [0.1, 0.15) is 0 Å². The van der Waals surface area contributed by atoms with Gasteiger partial charge in [0.15, 0.2) is 0 Å². The first-order chi connectivity index (χ1) is 9.08. The average Bonchev–Trinajstić information content (AvgIpc) is 2.75. The summed E-state index contributed by atoms with van der Waals surface area (Å²) in [5, 5.41) is 2.88. The van der Waals surface area contributed by atoms with Crippen LogP contribution >= 0.6 is 22.9 Å². The Bertz CT molecular complexity index is 575. The number of rotatable bonds is 4. The fourth-order valence-corrected chi connectivity index (χ4v) is 2.96. The molecule has 2 rings (SSSR count). The number of amides is 1. The Morgan fingerprint density at radius 2 is 2.16 bits per heavy atom. The molecule has 0 aliphatic rings. The highest BCUT2D eigenvalue weighted by molar-refractivity contribution is 7.16. The molecule has 1 aromatic carbocycles. The van der Waals surface area contributed by atoms with Gasteiger partial charge < -0.3 is 11.1 Å². The predicted octanol–water partition coefficient (Wildman–Crippen LogP) is 3.26. The highest BCUT2D eigenvalue weighted by Gasteiger charge is 2.11. The van der Waals surface area contributed by atoms with E-state index >= 15 is 0 Å².